The van der Waals surface area contributed by atoms with Crippen LogP contribution in [0.1, 0.15) is 11.1 Å². The minimum absolute atomic E-state index is 0.0974. The van der Waals surface area contributed by atoms with Crippen molar-refractivity contribution in [3.63, 3.8) is 0 Å². The molecule has 0 amide bonds. The lowest BCUT2D eigenvalue weighted by Gasteiger charge is -2.10. The van der Waals surface area contributed by atoms with E-state index in [4.69, 9.17) is 14.6 Å². The Labute approximate surface area is 124 Å². The number of nitrogens with one attached hydrogen (secondary N) is 1. The molecule has 0 aliphatic rings. The SMILES string of the molecule is COc1ccc(CNCc2cnn(CCO)c2)cc1OC. The Kier molecular flexibility index (Phi) is 5.59. The summed E-state index contributed by atoms with van der Waals surface area (Å²) < 4.78 is 12.2. The molecule has 114 valence electrons. The molecule has 0 aliphatic carbocycles. The summed E-state index contributed by atoms with van der Waals surface area (Å²) in [6, 6.07) is 5.86. The summed E-state index contributed by atoms with van der Waals surface area (Å²) in [7, 11) is 3.25. The number of aliphatic hydroxyl groups is 1. The van der Waals surface area contributed by atoms with Crippen molar-refractivity contribution in [2.45, 2.75) is 19.6 Å². The van der Waals surface area contributed by atoms with Crippen molar-refractivity contribution in [3.05, 3.63) is 41.7 Å². The van der Waals surface area contributed by atoms with Crippen molar-refractivity contribution in [1.29, 1.82) is 0 Å². The lowest BCUT2D eigenvalue weighted by Crippen LogP contribution is -2.12. The topological polar surface area (TPSA) is 68.5 Å². The first-order valence-corrected chi connectivity index (χ1v) is 6.80. The van der Waals surface area contributed by atoms with Gasteiger partial charge < -0.3 is 19.9 Å². The van der Waals surface area contributed by atoms with Gasteiger partial charge in [0.05, 0.1) is 33.6 Å². The number of hydrogen-bond donors (Lipinski definition) is 2. The molecule has 0 saturated heterocycles. The van der Waals surface area contributed by atoms with Gasteiger partial charge in [0.25, 0.3) is 0 Å². The molecule has 0 atom stereocenters. The molecule has 2 aromatic rings. The molecule has 0 fully saturated rings. The van der Waals surface area contributed by atoms with Crippen LogP contribution in [0.5, 0.6) is 11.5 Å². The third-order valence-corrected chi connectivity index (χ3v) is 3.12. The van der Waals surface area contributed by atoms with E-state index in [0.29, 0.717) is 6.54 Å². The van der Waals surface area contributed by atoms with E-state index in [1.807, 2.05) is 24.4 Å². The number of nitrogens with zero attached hydrogens (tertiary/aromatic N) is 2. The number of ether oxygens (including phenoxy) is 2. The molecule has 6 nitrogen and oxygen atoms in total. The summed E-state index contributed by atoms with van der Waals surface area (Å²) in [6.45, 7) is 2.07. The Balaban J connectivity index is 1.87. The molecule has 1 aromatic carbocycles. The molecule has 1 aromatic heterocycles. The zero-order valence-electron chi connectivity index (χ0n) is 12.4. The monoisotopic (exact) mass is 291 g/mol. The van der Waals surface area contributed by atoms with Gasteiger partial charge in [-0.2, -0.15) is 5.10 Å². The molecule has 21 heavy (non-hydrogen) atoms. The van der Waals surface area contributed by atoms with E-state index in [2.05, 4.69) is 10.4 Å². The maximum absolute atomic E-state index is 8.85. The summed E-state index contributed by atoms with van der Waals surface area (Å²) in [5.74, 6) is 1.46. The van der Waals surface area contributed by atoms with Gasteiger partial charge in [-0.3, -0.25) is 4.68 Å². The van der Waals surface area contributed by atoms with Crippen LogP contribution < -0.4 is 14.8 Å². The molecule has 0 unspecified atom stereocenters. The largest absolute Gasteiger partial charge is 0.493 e. The minimum Gasteiger partial charge on any atom is -0.493 e. The Morgan fingerprint density at radius 3 is 2.62 bits per heavy atom. The third kappa shape index (κ3) is 4.21. The molecule has 6 heteroatoms. The molecule has 0 bridgehead atoms. The molecular formula is C15H21N3O3. The first-order chi connectivity index (χ1) is 10.3. The predicted molar refractivity (Wildman–Crippen MR) is 79.4 cm³/mol. The quantitative estimate of drug-likeness (QED) is 0.764. The second-order valence-electron chi connectivity index (χ2n) is 4.63. The Hall–Kier alpha value is -2.05. The number of hydrogen-bond acceptors (Lipinski definition) is 5. The number of aromatic nitrogens is 2. The maximum atomic E-state index is 8.85. The van der Waals surface area contributed by atoms with Crippen LogP contribution in [0.25, 0.3) is 0 Å². The summed E-state index contributed by atoms with van der Waals surface area (Å²) in [5, 5.41) is 16.4. The Bertz CT molecular complexity index is 569. The molecule has 0 saturated carbocycles. The molecule has 2 rings (SSSR count). The zero-order chi connectivity index (χ0) is 15.1. The second kappa shape index (κ2) is 7.66. The van der Waals surface area contributed by atoms with Gasteiger partial charge in [0.1, 0.15) is 0 Å². The molecule has 0 aliphatic heterocycles. The van der Waals surface area contributed by atoms with E-state index in [0.717, 1.165) is 35.7 Å². The fraction of sp³-hybridized carbons (Fsp3) is 0.400. The van der Waals surface area contributed by atoms with Crippen molar-refractivity contribution >= 4 is 0 Å². The van der Waals surface area contributed by atoms with Gasteiger partial charge in [-0.25, -0.2) is 0 Å². The molecule has 0 radical (unpaired) electrons. The number of rotatable bonds is 8. The lowest BCUT2D eigenvalue weighted by atomic mass is 10.2. The summed E-state index contributed by atoms with van der Waals surface area (Å²) >= 11 is 0. The third-order valence-electron chi connectivity index (χ3n) is 3.12. The van der Waals surface area contributed by atoms with Crippen LogP contribution in [-0.4, -0.2) is 35.7 Å². The van der Waals surface area contributed by atoms with Gasteiger partial charge in [-0.1, -0.05) is 6.07 Å². The van der Waals surface area contributed by atoms with Crippen molar-refractivity contribution in [1.82, 2.24) is 15.1 Å². The summed E-state index contributed by atoms with van der Waals surface area (Å²) in [6.07, 6.45) is 3.73. The average molecular weight is 291 g/mol. The van der Waals surface area contributed by atoms with E-state index in [-0.39, 0.29) is 6.61 Å². The number of aliphatic hydroxyl groups excluding tert-OH is 1. The molecular weight excluding hydrogens is 270 g/mol. The van der Waals surface area contributed by atoms with Crippen molar-refractivity contribution in [2.24, 2.45) is 0 Å². The highest BCUT2D eigenvalue weighted by molar-refractivity contribution is 5.42. The van der Waals surface area contributed by atoms with Gasteiger partial charge in [-0.05, 0) is 17.7 Å². The molecule has 2 N–H and O–H groups in total. The van der Waals surface area contributed by atoms with Crippen LogP contribution in [0.15, 0.2) is 30.6 Å². The first-order valence-electron chi connectivity index (χ1n) is 6.80. The summed E-state index contributed by atoms with van der Waals surface area (Å²) in [4.78, 5) is 0. The predicted octanol–water partition coefficient (Wildman–Crippen LogP) is 1.18. The molecule has 1 heterocycles. The van der Waals surface area contributed by atoms with Crippen molar-refractivity contribution in [2.75, 3.05) is 20.8 Å². The lowest BCUT2D eigenvalue weighted by molar-refractivity contribution is 0.269. The van der Waals surface area contributed by atoms with Crippen LogP contribution in [0.4, 0.5) is 0 Å². The van der Waals surface area contributed by atoms with E-state index < -0.39 is 0 Å². The van der Waals surface area contributed by atoms with Crippen molar-refractivity contribution < 1.29 is 14.6 Å². The Morgan fingerprint density at radius 1 is 1.14 bits per heavy atom. The normalized spacial score (nSPS) is 10.6. The number of benzene rings is 1. The highest BCUT2D eigenvalue weighted by Gasteiger charge is 2.04. The van der Waals surface area contributed by atoms with Crippen LogP contribution in [-0.2, 0) is 19.6 Å². The van der Waals surface area contributed by atoms with Crippen LogP contribution in [0.3, 0.4) is 0 Å². The fourth-order valence-corrected chi connectivity index (χ4v) is 2.06. The van der Waals surface area contributed by atoms with E-state index in [1.54, 1.807) is 25.1 Å². The van der Waals surface area contributed by atoms with Gasteiger partial charge >= 0.3 is 0 Å². The van der Waals surface area contributed by atoms with E-state index in [9.17, 15) is 0 Å². The highest BCUT2D eigenvalue weighted by atomic mass is 16.5. The first kappa shape index (κ1) is 15.3. The van der Waals surface area contributed by atoms with E-state index in [1.165, 1.54) is 0 Å². The maximum Gasteiger partial charge on any atom is 0.161 e. The summed E-state index contributed by atoms with van der Waals surface area (Å²) in [5.41, 5.74) is 2.21. The fourth-order valence-electron chi connectivity index (χ4n) is 2.06. The standard InChI is InChI=1S/C15H21N3O3/c1-20-14-4-3-12(7-15(14)21-2)8-16-9-13-10-17-18(11-13)5-6-19/h3-4,7,10-11,16,19H,5-6,8-9H2,1-2H3. The average Bonchev–Trinajstić information content (AvgIpc) is 2.95. The second-order valence-corrected chi connectivity index (χ2v) is 4.63. The van der Waals surface area contributed by atoms with Gasteiger partial charge in [0, 0.05) is 24.8 Å². The van der Waals surface area contributed by atoms with Gasteiger partial charge in [0.2, 0.25) is 0 Å². The number of methoxy groups -OCH3 is 2. The van der Waals surface area contributed by atoms with Crippen LogP contribution >= 0.6 is 0 Å². The molecule has 0 spiro atoms. The minimum atomic E-state index is 0.0974. The van der Waals surface area contributed by atoms with E-state index >= 15 is 0 Å². The zero-order valence-corrected chi connectivity index (χ0v) is 12.4. The highest BCUT2D eigenvalue weighted by Crippen LogP contribution is 2.27. The van der Waals surface area contributed by atoms with Gasteiger partial charge in [-0.15, -0.1) is 0 Å². The smallest absolute Gasteiger partial charge is 0.161 e. The van der Waals surface area contributed by atoms with Crippen molar-refractivity contribution in [3.8, 4) is 11.5 Å². The van der Waals surface area contributed by atoms with Crippen LogP contribution in [0.2, 0.25) is 0 Å². The van der Waals surface area contributed by atoms with Gasteiger partial charge in [0.15, 0.2) is 11.5 Å². The Morgan fingerprint density at radius 2 is 1.90 bits per heavy atom. The van der Waals surface area contributed by atoms with Crippen LogP contribution in [0, 0.1) is 0 Å².